The Balaban J connectivity index is 2.76. The first-order valence-electron chi connectivity index (χ1n) is 6.49. The number of hydrogen-bond acceptors (Lipinski definition) is 1. The first-order valence-corrected chi connectivity index (χ1v) is 6.87. The minimum Gasteiger partial charge on any atom is -0.314 e. The van der Waals surface area contributed by atoms with Crippen LogP contribution >= 0.6 is 11.6 Å². The van der Waals surface area contributed by atoms with E-state index in [1.54, 1.807) is 12.1 Å². The van der Waals surface area contributed by atoms with Gasteiger partial charge in [0.2, 0.25) is 0 Å². The molecule has 1 nitrogen and oxygen atoms in total. The Labute approximate surface area is 115 Å². The molecule has 0 saturated carbocycles. The summed E-state index contributed by atoms with van der Waals surface area (Å²) in [5.41, 5.74) is 0.963. The van der Waals surface area contributed by atoms with Crippen molar-refractivity contribution in [1.82, 2.24) is 5.32 Å². The molecule has 0 aromatic heterocycles. The monoisotopic (exact) mass is 271 g/mol. The lowest BCUT2D eigenvalue weighted by atomic mass is 9.86. The van der Waals surface area contributed by atoms with Gasteiger partial charge in [-0.05, 0) is 42.5 Å². The van der Waals surface area contributed by atoms with Gasteiger partial charge in [0.05, 0.1) is 0 Å². The van der Waals surface area contributed by atoms with Gasteiger partial charge in [-0.2, -0.15) is 0 Å². The predicted molar refractivity (Wildman–Crippen MR) is 76.7 cm³/mol. The lowest BCUT2D eigenvalue weighted by molar-refractivity contribution is 0.308. The van der Waals surface area contributed by atoms with E-state index in [-0.39, 0.29) is 11.2 Å². The number of rotatable bonds is 5. The Morgan fingerprint density at radius 3 is 2.50 bits per heavy atom. The molecule has 1 unspecified atom stereocenters. The summed E-state index contributed by atoms with van der Waals surface area (Å²) in [5, 5.41) is 3.88. The number of nitrogens with one attached hydrogen (secondary N) is 1. The van der Waals surface area contributed by atoms with Gasteiger partial charge in [0.25, 0.3) is 0 Å². The van der Waals surface area contributed by atoms with Crippen molar-refractivity contribution in [3.8, 4) is 0 Å². The topological polar surface area (TPSA) is 12.0 Å². The summed E-state index contributed by atoms with van der Waals surface area (Å²) >= 11 is 5.77. The average Bonchev–Trinajstić information content (AvgIpc) is 2.20. The summed E-state index contributed by atoms with van der Waals surface area (Å²) in [6, 6.07) is 5.22. The Kier molecular flexibility index (Phi) is 5.61. The van der Waals surface area contributed by atoms with Crippen LogP contribution in [-0.4, -0.2) is 12.6 Å². The van der Waals surface area contributed by atoms with Crippen LogP contribution in [0.3, 0.4) is 0 Å². The fourth-order valence-corrected chi connectivity index (χ4v) is 2.36. The molecule has 0 fully saturated rings. The zero-order valence-electron chi connectivity index (χ0n) is 11.7. The van der Waals surface area contributed by atoms with Gasteiger partial charge in [-0.3, -0.25) is 0 Å². The number of halogens is 2. The molecule has 1 aromatic carbocycles. The van der Waals surface area contributed by atoms with Crippen molar-refractivity contribution < 1.29 is 4.39 Å². The number of hydrogen-bond donors (Lipinski definition) is 1. The maximum Gasteiger partial charge on any atom is 0.127 e. The molecule has 0 spiro atoms. The van der Waals surface area contributed by atoms with Crippen molar-refractivity contribution in [2.75, 3.05) is 6.54 Å². The first-order chi connectivity index (χ1) is 8.31. The van der Waals surface area contributed by atoms with Crippen LogP contribution in [0.2, 0.25) is 5.02 Å². The smallest absolute Gasteiger partial charge is 0.127 e. The minimum atomic E-state index is -0.209. The van der Waals surface area contributed by atoms with Crippen LogP contribution in [0.15, 0.2) is 18.2 Å². The minimum absolute atomic E-state index is 0.209. The van der Waals surface area contributed by atoms with Crippen molar-refractivity contribution in [1.29, 1.82) is 0 Å². The van der Waals surface area contributed by atoms with Gasteiger partial charge in [-0.15, -0.1) is 0 Å². The molecule has 18 heavy (non-hydrogen) atoms. The van der Waals surface area contributed by atoms with E-state index < -0.39 is 0 Å². The Morgan fingerprint density at radius 1 is 1.33 bits per heavy atom. The molecule has 0 heterocycles. The fraction of sp³-hybridized carbons (Fsp3) is 0.600. The third-order valence-electron chi connectivity index (χ3n) is 2.83. The van der Waals surface area contributed by atoms with Crippen LogP contribution < -0.4 is 5.32 Å². The van der Waals surface area contributed by atoms with Gasteiger partial charge in [-0.1, -0.05) is 45.4 Å². The summed E-state index contributed by atoms with van der Waals surface area (Å²) in [6.07, 6.45) is 1.72. The van der Waals surface area contributed by atoms with E-state index in [1.165, 1.54) is 6.07 Å². The zero-order chi connectivity index (χ0) is 13.8. The Hall–Kier alpha value is -0.600. The highest BCUT2D eigenvalue weighted by molar-refractivity contribution is 6.30. The van der Waals surface area contributed by atoms with Gasteiger partial charge in [0.1, 0.15) is 5.82 Å². The van der Waals surface area contributed by atoms with Crippen LogP contribution in [0.5, 0.6) is 0 Å². The second-order valence-electron chi connectivity index (χ2n) is 5.96. The summed E-state index contributed by atoms with van der Waals surface area (Å²) in [5.74, 6) is -0.209. The van der Waals surface area contributed by atoms with E-state index >= 15 is 0 Å². The third kappa shape index (κ3) is 5.36. The average molecular weight is 272 g/mol. The highest BCUT2D eigenvalue weighted by Crippen LogP contribution is 2.24. The van der Waals surface area contributed by atoms with Gasteiger partial charge in [0, 0.05) is 11.1 Å². The van der Waals surface area contributed by atoms with E-state index in [1.807, 2.05) is 0 Å². The second-order valence-corrected chi connectivity index (χ2v) is 6.40. The molecular weight excluding hydrogens is 249 g/mol. The highest BCUT2D eigenvalue weighted by Gasteiger charge is 2.19. The molecular formula is C15H23ClFN. The van der Waals surface area contributed by atoms with E-state index in [0.717, 1.165) is 18.5 Å². The van der Waals surface area contributed by atoms with Crippen molar-refractivity contribution in [2.24, 2.45) is 5.41 Å². The Bertz CT molecular complexity index is 385. The van der Waals surface area contributed by atoms with Gasteiger partial charge in [0.15, 0.2) is 0 Å². The molecule has 1 aromatic rings. The molecule has 0 saturated heterocycles. The summed E-state index contributed by atoms with van der Waals surface area (Å²) in [7, 11) is 0. The molecule has 3 heteroatoms. The molecule has 102 valence electrons. The molecule has 1 N–H and O–H groups in total. The Morgan fingerprint density at radius 2 is 2.00 bits per heavy atom. The lowest BCUT2D eigenvalue weighted by Gasteiger charge is -2.27. The largest absolute Gasteiger partial charge is 0.314 e. The van der Waals surface area contributed by atoms with Crippen molar-refractivity contribution >= 4 is 11.6 Å². The fourth-order valence-electron chi connectivity index (χ4n) is 2.20. The summed E-state index contributed by atoms with van der Waals surface area (Å²) in [6.45, 7) is 9.59. The predicted octanol–water partition coefficient (Wildman–Crippen LogP) is 4.44. The quantitative estimate of drug-likeness (QED) is 0.835. The third-order valence-corrected chi connectivity index (χ3v) is 3.07. The van der Waals surface area contributed by atoms with Crippen LogP contribution in [0.1, 0.15) is 39.7 Å². The summed E-state index contributed by atoms with van der Waals surface area (Å²) in [4.78, 5) is 0. The molecule has 0 aliphatic rings. The van der Waals surface area contributed by atoms with Crippen LogP contribution in [0.4, 0.5) is 4.39 Å². The first kappa shape index (κ1) is 15.5. The molecule has 0 aliphatic carbocycles. The van der Waals surface area contributed by atoms with Gasteiger partial charge in [-0.25, -0.2) is 4.39 Å². The zero-order valence-corrected chi connectivity index (χ0v) is 12.4. The number of likely N-dealkylation sites (N-methyl/N-ethyl adjacent to an activating group) is 1. The lowest BCUT2D eigenvalue weighted by Crippen LogP contribution is -2.34. The maximum absolute atomic E-state index is 13.8. The normalized spacial score (nSPS) is 13.7. The maximum atomic E-state index is 13.8. The van der Waals surface area contributed by atoms with Crippen LogP contribution in [0.25, 0.3) is 0 Å². The molecule has 0 radical (unpaired) electrons. The molecule has 0 amide bonds. The van der Waals surface area contributed by atoms with Crippen LogP contribution in [0, 0.1) is 11.2 Å². The van der Waals surface area contributed by atoms with E-state index in [9.17, 15) is 4.39 Å². The van der Waals surface area contributed by atoms with E-state index in [2.05, 4.69) is 33.0 Å². The van der Waals surface area contributed by atoms with Crippen molar-refractivity contribution in [3.63, 3.8) is 0 Å². The molecule has 1 atom stereocenters. The van der Waals surface area contributed by atoms with Crippen molar-refractivity contribution in [3.05, 3.63) is 34.6 Å². The van der Waals surface area contributed by atoms with Crippen molar-refractivity contribution in [2.45, 2.75) is 46.6 Å². The molecule has 0 aliphatic heterocycles. The van der Waals surface area contributed by atoms with E-state index in [0.29, 0.717) is 17.5 Å². The van der Waals surface area contributed by atoms with Gasteiger partial charge < -0.3 is 5.32 Å². The summed E-state index contributed by atoms with van der Waals surface area (Å²) < 4.78 is 13.8. The SMILES string of the molecule is CCNC(Cc1ccc(Cl)cc1F)CC(C)(C)C. The van der Waals surface area contributed by atoms with Crippen LogP contribution in [-0.2, 0) is 6.42 Å². The molecule has 0 bridgehead atoms. The van der Waals surface area contributed by atoms with E-state index in [4.69, 9.17) is 11.6 Å². The standard InChI is InChI=1S/C15H23ClFN/c1-5-18-13(10-15(2,3)4)8-11-6-7-12(16)9-14(11)17/h6-7,9,13,18H,5,8,10H2,1-4H3. The number of benzene rings is 1. The second kappa shape index (κ2) is 6.53. The highest BCUT2D eigenvalue weighted by atomic mass is 35.5. The van der Waals surface area contributed by atoms with Gasteiger partial charge >= 0.3 is 0 Å². The molecule has 1 rings (SSSR count).